The lowest BCUT2D eigenvalue weighted by molar-refractivity contribution is 0.911. The average Bonchev–Trinajstić information content (AvgIpc) is 1.97. The fourth-order valence-corrected chi connectivity index (χ4v) is 1.25. The molecular weight excluding hydrogens is 156 g/mol. The number of allylic oxidation sites excluding steroid dienone is 2. The highest BCUT2D eigenvalue weighted by atomic mass is 32.2. The Morgan fingerprint density at radius 3 is 2.91 bits per heavy atom. The fraction of sp³-hybridized carbons (Fsp3) is 0.375. The lowest BCUT2D eigenvalue weighted by Gasteiger charge is -2.06. The molecule has 0 spiro atoms. The van der Waals surface area contributed by atoms with Gasteiger partial charge in [-0.2, -0.15) is 5.26 Å². The molecule has 0 radical (unpaired) electrons. The molecule has 60 valence electrons. The second-order valence-corrected chi connectivity index (χ2v) is 3.09. The summed E-state index contributed by atoms with van der Waals surface area (Å²) in [5, 5.41) is 8.30. The molecule has 1 unspecified atom stereocenters. The largest absolute Gasteiger partial charge is 0.324 e. The van der Waals surface area contributed by atoms with E-state index in [1.54, 1.807) is 6.08 Å². The molecule has 0 saturated heterocycles. The molecule has 2 N–H and O–H groups in total. The van der Waals surface area contributed by atoms with Crippen molar-refractivity contribution < 1.29 is 0 Å². The molecule has 11 heavy (non-hydrogen) atoms. The van der Waals surface area contributed by atoms with Crippen LogP contribution in [-0.4, -0.2) is 11.8 Å². The van der Waals surface area contributed by atoms with Crippen molar-refractivity contribution in [1.82, 2.24) is 0 Å². The van der Waals surface area contributed by atoms with Crippen molar-refractivity contribution in [2.45, 2.75) is 13.0 Å². The first-order valence-corrected chi connectivity index (χ1v) is 4.29. The molecule has 0 amide bonds. The summed E-state index contributed by atoms with van der Waals surface area (Å²) in [4.78, 5) is 1.00. The van der Waals surface area contributed by atoms with E-state index in [9.17, 15) is 0 Å². The first kappa shape index (κ1) is 10.3. The molecule has 0 aliphatic heterocycles. The molecule has 0 aliphatic carbocycles. The number of nitrogens with zero attached hydrogens (tertiary/aromatic N) is 1. The number of nitrogens with two attached hydrogens (primary N) is 1. The summed E-state index contributed by atoms with van der Waals surface area (Å²) in [5.74, 6) is 0.446. The number of nitriles is 1. The van der Waals surface area contributed by atoms with Gasteiger partial charge in [-0.15, -0.1) is 11.8 Å². The average molecular weight is 168 g/mol. The molecule has 0 heterocycles. The van der Waals surface area contributed by atoms with Crippen molar-refractivity contribution in [3.05, 3.63) is 23.6 Å². The summed E-state index contributed by atoms with van der Waals surface area (Å²) in [6, 6.07) is 2.04. The van der Waals surface area contributed by atoms with Crippen LogP contribution in [0.25, 0.3) is 0 Å². The summed E-state index contributed by atoms with van der Waals surface area (Å²) in [5.41, 5.74) is 5.62. The van der Waals surface area contributed by atoms with Crippen LogP contribution in [-0.2, 0) is 0 Å². The normalized spacial score (nSPS) is 13.7. The van der Waals surface area contributed by atoms with Crippen molar-refractivity contribution in [2.24, 2.45) is 5.73 Å². The van der Waals surface area contributed by atoms with Gasteiger partial charge >= 0.3 is 0 Å². The summed E-state index contributed by atoms with van der Waals surface area (Å²) in [6.07, 6.45) is 3.52. The number of hydrogen-bond acceptors (Lipinski definition) is 3. The van der Waals surface area contributed by atoms with Crippen LogP contribution in [0.2, 0.25) is 0 Å². The zero-order valence-electron chi connectivity index (χ0n) is 6.58. The van der Waals surface area contributed by atoms with Gasteiger partial charge in [-0.1, -0.05) is 18.7 Å². The minimum absolute atomic E-state index is 0.00801. The maximum atomic E-state index is 8.30. The third kappa shape index (κ3) is 4.65. The minimum Gasteiger partial charge on any atom is -0.324 e. The van der Waals surface area contributed by atoms with Gasteiger partial charge < -0.3 is 5.73 Å². The molecule has 0 bridgehead atoms. The van der Waals surface area contributed by atoms with Gasteiger partial charge in [0.15, 0.2) is 0 Å². The Balaban J connectivity index is 4.02. The molecular formula is C8H12N2S. The molecule has 2 nitrogen and oxygen atoms in total. The zero-order valence-corrected chi connectivity index (χ0v) is 7.40. The van der Waals surface area contributed by atoms with Crippen molar-refractivity contribution in [3.8, 4) is 6.07 Å². The second-order valence-electron chi connectivity index (χ2n) is 2.04. The van der Waals surface area contributed by atoms with E-state index in [0.29, 0.717) is 5.75 Å². The number of rotatable bonds is 4. The van der Waals surface area contributed by atoms with Gasteiger partial charge in [-0.25, -0.2) is 0 Å². The van der Waals surface area contributed by atoms with E-state index in [0.717, 1.165) is 4.91 Å². The predicted molar refractivity (Wildman–Crippen MR) is 50.0 cm³/mol. The third-order valence-corrected chi connectivity index (χ3v) is 2.15. The Bertz CT molecular complexity index is 189. The molecule has 3 heteroatoms. The van der Waals surface area contributed by atoms with Crippen molar-refractivity contribution in [2.75, 3.05) is 5.75 Å². The maximum absolute atomic E-state index is 8.30. The molecule has 0 aromatic rings. The highest BCUT2D eigenvalue weighted by molar-refractivity contribution is 8.03. The van der Waals surface area contributed by atoms with E-state index >= 15 is 0 Å². The van der Waals surface area contributed by atoms with Crippen LogP contribution in [0.3, 0.4) is 0 Å². The van der Waals surface area contributed by atoms with Gasteiger partial charge in [0.1, 0.15) is 0 Å². The zero-order chi connectivity index (χ0) is 8.69. The number of hydrogen-bond donors (Lipinski definition) is 1. The van der Waals surface area contributed by atoms with Crippen LogP contribution in [0.1, 0.15) is 6.92 Å². The molecule has 0 aliphatic rings. The van der Waals surface area contributed by atoms with Gasteiger partial charge in [-0.05, 0) is 6.92 Å². The Morgan fingerprint density at radius 2 is 2.55 bits per heavy atom. The quantitative estimate of drug-likeness (QED) is 0.649. The molecule has 0 rings (SSSR count). The van der Waals surface area contributed by atoms with E-state index in [4.69, 9.17) is 11.0 Å². The fourth-order valence-electron chi connectivity index (χ4n) is 0.563. The van der Waals surface area contributed by atoms with Crippen molar-refractivity contribution in [1.29, 1.82) is 5.26 Å². The van der Waals surface area contributed by atoms with Crippen LogP contribution in [0.5, 0.6) is 0 Å². The van der Waals surface area contributed by atoms with Gasteiger partial charge in [0.05, 0.1) is 11.8 Å². The first-order valence-electron chi connectivity index (χ1n) is 3.30. The van der Waals surface area contributed by atoms with Crippen LogP contribution < -0.4 is 5.73 Å². The topological polar surface area (TPSA) is 49.8 Å². The third-order valence-electron chi connectivity index (χ3n) is 1.03. The summed E-state index contributed by atoms with van der Waals surface area (Å²) in [6.45, 7) is 5.45. The Kier molecular flexibility index (Phi) is 5.63. The smallest absolute Gasteiger partial charge is 0.0852 e. The monoisotopic (exact) mass is 168 g/mol. The van der Waals surface area contributed by atoms with E-state index in [2.05, 4.69) is 6.58 Å². The highest BCUT2D eigenvalue weighted by Gasteiger charge is 2.01. The minimum atomic E-state index is -0.00801. The Morgan fingerprint density at radius 1 is 1.91 bits per heavy atom. The molecule has 0 aromatic heterocycles. The van der Waals surface area contributed by atoms with E-state index in [1.165, 1.54) is 11.8 Å². The molecule has 0 fully saturated rings. The van der Waals surface area contributed by atoms with E-state index < -0.39 is 0 Å². The molecule has 0 saturated carbocycles. The standard InChI is InChI=1S/C8H12N2S/c1-3-4-8(7(2)10)11-6-5-9/h3-4,7H,1,6,10H2,2H3/b8-4-. The van der Waals surface area contributed by atoms with Gasteiger partial charge in [0.2, 0.25) is 0 Å². The Hall–Kier alpha value is -0.720. The number of thioether (sulfide) groups is 1. The van der Waals surface area contributed by atoms with E-state index in [-0.39, 0.29) is 6.04 Å². The highest BCUT2D eigenvalue weighted by Crippen LogP contribution is 2.17. The molecule has 1 atom stereocenters. The van der Waals surface area contributed by atoms with Crippen LogP contribution in [0.4, 0.5) is 0 Å². The SMILES string of the molecule is C=C/C=C(\SCC#N)C(C)N. The lowest BCUT2D eigenvalue weighted by Crippen LogP contribution is -2.16. The predicted octanol–water partition coefficient (Wildman–Crippen LogP) is 1.66. The van der Waals surface area contributed by atoms with Crippen LogP contribution in [0, 0.1) is 11.3 Å². The summed E-state index contributed by atoms with van der Waals surface area (Å²) < 4.78 is 0. The first-order chi connectivity index (χ1) is 5.22. The van der Waals surface area contributed by atoms with Crippen LogP contribution >= 0.6 is 11.8 Å². The lowest BCUT2D eigenvalue weighted by atomic mass is 10.3. The Labute approximate surface area is 71.8 Å². The van der Waals surface area contributed by atoms with Crippen molar-refractivity contribution in [3.63, 3.8) is 0 Å². The van der Waals surface area contributed by atoms with Crippen molar-refractivity contribution >= 4 is 11.8 Å². The van der Waals surface area contributed by atoms with Gasteiger partial charge in [0, 0.05) is 10.9 Å². The van der Waals surface area contributed by atoms with Gasteiger partial charge in [0.25, 0.3) is 0 Å². The summed E-state index contributed by atoms with van der Waals surface area (Å²) in [7, 11) is 0. The summed E-state index contributed by atoms with van der Waals surface area (Å²) >= 11 is 1.46. The maximum Gasteiger partial charge on any atom is 0.0852 e. The molecule has 0 aromatic carbocycles. The van der Waals surface area contributed by atoms with Gasteiger partial charge in [-0.3, -0.25) is 0 Å². The van der Waals surface area contributed by atoms with Crippen LogP contribution in [0.15, 0.2) is 23.6 Å². The van der Waals surface area contributed by atoms with E-state index in [1.807, 2.05) is 19.1 Å². The second kappa shape index (κ2) is 6.02.